The van der Waals surface area contributed by atoms with Gasteiger partial charge in [-0.1, -0.05) is 36.0 Å². The number of aromatic hydroxyl groups is 1. The molecule has 0 bridgehead atoms. The summed E-state index contributed by atoms with van der Waals surface area (Å²) in [6.07, 6.45) is 3.31. The normalized spacial score (nSPS) is 10.2. The van der Waals surface area contributed by atoms with Gasteiger partial charge in [-0.05, 0) is 135 Å². The number of halogens is 1. The Hall–Kier alpha value is -7.18. The topological polar surface area (TPSA) is 306 Å². The molecule has 20 nitrogen and oxygen atoms in total. The van der Waals surface area contributed by atoms with E-state index >= 15 is 0 Å². The lowest BCUT2D eigenvalue weighted by molar-refractivity contribution is -0.142. The van der Waals surface area contributed by atoms with Gasteiger partial charge in [0.1, 0.15) is 11.9 Å². The molecule has 0 saturated carbocycles. The molecule has 9 N–H and O–H groups in total. The fraction of sp³-hybridized carbons (Fsp3) is 0.271. The molecule has 4 aromatic carbocycles. The van der Waals surface area contributed by atoms with Crippen molar-refractivity contribution >= 4 is 105 Å². The van der Waals surface area contributed by atoms with Gasteiger partial charge >= 0.3 is 29.8 Å². The van der Waals surface area contributed by atoms with Crippen LogP contribution in [0.15, 0.2) is 88.8 Å². The van der Waals surface area contributed by atoms with E-state index in [9.17, 15) is 38.7 Å². The first kappa shape index (κ1) is 62.8. The second kappa shape index (κ2) is 31.9. The number of nitrogens with one attached hydrogen (secondary N) is 2. The first-order chi connectivity index (χ1) is 33.9. The largest absolute Gasteiger partial charge is 0.493 e. The van der Waals surface area contributed by atoms with Crippen LogP contribution in [0.3, 0.4) is 0 Å². The van der Waals surface area contributed by atoms with Gasteiger partial charge in [0.15, 0.2) is 10.3 Å². The number of thiocarbonyl (C=S) groups is 1. The first-order valence-electron chi connectivity index (χ1n) is 20.7. The zero-order valence-corrected chi connectivity index (χ0v) is 44.6. The van der Waals surface area contributed by atoms with Crippen molar-refractivity contribution in [3.8, 4) is 11.6 Å². The second-order valence-corrected chi connectivity index (χ2v) is 16.9. The molecule has 0 fully saturated rings. The average molecular weight is 1070 g/mol. The number of methoxy groups -OCH3 is 5. The van der Waals surface area contributed by atoms with Crippen molar-refractivity contribution in [2.45, 2.75) is 44.8 Å². The maximum absolute atomic E-state index is 12.2. The SMILES string of the molecule is COC(=O)CC(=O)Cl.COC(=O)c1ccc(C)c(-n2c(SC)nc(O)cc2=O)c1.COC(=O)c1ccc(C)c(N)c1.COC(=O)c1ccc(C)c(NC(N)=S)c1.COC(=O)c1ccc(C)c(NC(N)SC)c1. The Bertz CT molecular complexity index is 2780. The molecular formula is C48H58ClN7O13S3. The summed E-state index contributed by atoms with van der Waals surface area (Å²) in [5.41, 5.74) is 24.4. The number of nitrogens with two attached hydrogens (primary N) is 3. The minimum absolute atomic E-state index is 0.167. The lowest BCUT2D eigenvalue weighted by atomic mass is 10.1. The van der Waals surface area contributed by atoms with Gasteiger partial charge in [-0.3, -0.25) is 19.0 Å². The van der Waals surface area contributed by atoms with Crippen molar-refractivity contribution in [1.82, 2.24) is 9.55 Å². The number of aryl methyl sites for hydroxylation is 4. The summed E-state index contributed by atoms with van der Waals surface area (Å²) in [5.74, 6) is -2.52. The molecule has 24 heteroatoms. The zero-order chi connectivity index (χ0) is 54.8. The van der Waals surface area contributed by atoms with E-state index in [0.717, 1.165) is 34.0 Å². The predicted octanol–water partition coefficient (Wildman–Crippen LogP) is 6.67. The molecule has 5 rings (SSSR count). The number of rotatable bonds is 12. The number of carbonyl (C=O) groups is 6. The Morgan fingerprint density at radius 2 is 1.12 bits per heavy atom. The third-order valence-electron chi connectivity index (χ3n) is 9.27. The van der Waals surface area contributed by atoms with Crippen LogP contribution in [0.2, 0.25) is 0 Å². The molecule has 0 spiro atoms. The summed E-state index contributed by atoms with van der Waals surface area (Å²) >= 11 is 12.3. The second-order valence-electron chi connectivity index (χ2n) is 14.3. The van der Waals surface area contributed by atoms with E-state index in [2.05, 4.69) is 39.3 Å². The summed E-state index contributed by atoms with van der Waals surface area (Å²) in [6.45, 7) is 7.55. The molecule has 0 aliphatic rings. The van der Waals surface area contributed by atoms with Crippen LogP contribution in [0.5, 0.6) is 5.88 Å². The van der Waals surface area contributed by atoms with Crippen LogP contribution in [0.4, 0.5) is 17.1 Å². The maximum atomic E-state index is 12.2. The number of aromatic nitrogens is 2. The van der Waals surface area contributed by atoms with E-state index in [1.54, 1.807) is 73.0 Å². The Kier molecular flexibility index (Phi) is 27.9. The standard InChI is InChI=1S/C14H14N2O4S.C11H16N2O2S.C10H12N2O2S.C9H11NO2.C4H5ClO3/c1-8-4-5-9(13(19)20-2)6-10(8)16-12(18)7-11(17)15-14(16)21-3;1-7-4-5-8(10(14)15-2)6-9(7)13-11(12)16-3;1-6-3-4-7(9(13)14-2)5-8(6)12-10(11)15;1-6-3-4-7(5-8(6)10)9(11)12-2;1-8-4(7)2-3(5)6/h4-7,17H,1-3H3;4-6,11,13H,12H2,1-3H3;3-5H,1-2H3,(H3,11,12,15);3-5H,10H2,1-2H3;2H2,1H3. The van der Waals surface area contributed by atoms with Crippen LogP contribution < -0.4 is 33.4 Å². The quantitative estimate of drug-likeness (QED) is 0.00874. The number of anilines is 3. The van der Waals surface area contributed by atoms with Gasteiger partial charge in [0.05, 0.1) is 69.6 Å². The molecule has 0 amide bonds. The van der Waals surface area contributed by atoms with E-state index in [1.165, 1.54) is 63.6 Å². The predicted molar refractivity (Wildman–Crippen MR) is 284 cm³/mol. The lowest BCUT2D eigenvalue weighted by Crippen LogP contribution is -2.25. The average Bonchev–Trinajstić information content (AvgIpc) is 3.35. The molecule has 388 valence electrons. The highest BCUT2D eigenvalue weighted by Crippen LogP contribution is 2.23. The van der Waals surface area contributed by atoms with Crippen molar-refractivity contribution < 1.29 is 57.6 Å². The van der Waals surface area contributed by atoms with Gasteiger partial charge < -0.3 is 56.6 Å². The minimum Gasteiger partial charge on any atom is -0.493 e. The van der Waals surface area contributed by atoms with Gasteiger partial charge in [-0.25, -0.2) is 19.2 Å². The molecule has 0 radical (unpaired) electrons. The van der Waals surface area contributed by atoms with Gasteiger partial charge in [-0.15, -0.1) is 11.8 Å². The number of benzene rings is 4. The van der Waals surface area contributed by atoms with Crippen molar-refractivity contribution in [2.75, 3.05) is 64.4 Å². The molecule has 5 aromatic rings. The summed E-state index contributed by atoms with van der Waals surface area (Å²) < 4.78 is 24.0. The Morgan fingerprint density at radius 1 is 0.694 bits per heavy atom. The van der Waals surface area contributed by atoms with Gasteiger partial charge in [0.25, 0.3) is 5.56 Å². The van der Waals surface area contributed by atoms with Crippen LogP contribution in [-0.2, 0) is 33.3 Å². The number of thioether (sulfide) groups is 2. The fourth-order valence-corrected chi connectivity index (χ4v) is 6.36. The molecule has 72 heavy (non-hydrogen) atoms. The van der Waals surface area contributed by atoms with Crippen LogP contribution in [0, 0.1) is 27.7 Å². The highest BCUT2D eigenvalue weighted by molar-refractivity contribution is 7.99. The van der Waals surface area contributed by atoms with Crippen molar-refractivity contribution in [1.29, 1.82) is 0 Å². The Labute approximate surface area is 435 Å². The molecule has 1 unspecified atom stereocenters. The van der Waals surface area contributed by atoms with Crippen molar-refractivity contribution in [3.05, 3.63) is 134 Å². The summed E-state index contributed by atoms with van der Waals surface area (Å²) in [4.78, 5) is 81.3. The van der Waals surface area contributed by atoms with E-state index in [0.29, 0.717) is 44.5 Å². The van der Waals surface area contributed by atoms with E-state index in [4.69, 9.17) is 41.0 Å². The highest BCUT2D eigenvalue weighted by atomic mass is 35.5. The molecular weight excluding hydrogens is 1010 g/mol. The molecule has 0 aliphatic carbocycles. The molecule has 0 saturated heterocycles. The van der Waals surface area contributed by atoms with Crippen molar-refractivity contribution in [3.63, 3.8) is 0 Å². The van der Waals surface area contributed by atoms with E-state index in [-0.39, 0.29) is 40.8 Å². The Balaban J connectivity index is 0.000000464. The van der Waals surface area contributed by atoms with Crippen LogP contribution in [0.1, 0.15) is 70.1 Å². The lowest BCUT2D eigenvalue weighted by Gasteiger charge is -2.15. The molecule has 0 aliphatic heterocycles. The number of ether oxygens (including phenoxy) is 5. The first-order valence-corrected chi connectivity index (χ1v) is 24.0. The van der Waals surface area contributed by atoms with Gasteiger partial charge in [0.2, 0.25) is 11.1 Å². The van der Waals surface area contributed by atoms with E-state index < -0.39 is 22.7 Å². The maximum Gasteiger partial charge on any atom is 0.337 e. The fourth-order valence-electron chi connectivity index (χ4n) is 5.34. The summed E-state index contributed by atoms with van der Waals surface area (Å²) in [5, 5.41) is 15.1. The molecule has 1 atom stereocenters. The summed E-state index contributed by atoms with van der Waals surface area (Å²) in [7, 11) is 6.54. The number of hydrogen-bond donors (Lipinski definition) is 6. The smallest absolute Gasteiger partial charge is 0.337 e. The highest BCUT2D eigenvalue weighted by Gasteiger charge is 2.16. The Morgan fingerprint density at radius 3 is 1.53 bits per heavy atom. The number of nitrogens with zero attached hydrogens (tertiary/aromatic N) is 2. The zero-order valence-electron chi connectivity index (χ0n) is 41.4. The number of esters is 5. The minimum atomic E-state index is -0.697. The van der Waals surface area contributed by atoms with Crippen LogP contribution in [0.25, 0.3) is 5.69 Å². The van der Waals surface area contributed by atoms with Gasteiger partial charge in [-0.2, -0.15) is 4.98 Å². The summed E-state index contributed by atoms with van der Waals surface area (Å²) in [6, 6.07) is 21.5. The molecule has 1 heterocycles. The monoisotopic (exact) mass is 1070 g/mol. The third kappa shape index (κ3) is 21.0. The van der Waals surface area contributed by atoms with Crippen LogP contribution >= 0.6 is 47.3 Å². The van der Waals surface area contributed by atoms with Crippen LogP contribution in [-0.4, -0.2) is 108 Å². The number of carbonyl (C=O) groups excluding carboxylic acids is 6. The van der Waals surface area contributed by atoms with Gasteiger partial charge in [0, 0.05) is 17.1 Å². The molecule has 1 aromatic heterocycles. The number of nitrogen functional groups attached to an aromatic ring is 1. The third-order valence-corrected chi connectivity index (χ3v) is 10.8. The van der Waals surface area contributed by atoms with E-state index in [1.807, 2.05) is 40.0 Å². The number of hydrogen-bond acceptors (Lipinski definition) is 20. The van der Waals surface area contributed by atoms with Crippen molar-refractivity contribution in [2.24, 2.45) is 11.5 Å².